The number of benzene rings is 1. The van der Waals surface area contributed by atoms with E-state index in [2.05, 4.69) is 0 Å². The van der Waals surface area contributed by atoms with Crippen LogP contribution in [0.4, 0.5) is 0 Å². The van der Waals surface area contributed by atoms with Crippen molar-refractivity contribution < 1.29 is 18.7 Å². The molecular formula is C20H24O5. The van der Waals surface area contributed by atoms with Gasteiger partial charge in [0.05, 0.1) is 17.4 Å². The maximum absolute atomic E-state index is 12.9. The molecule has 0 fully saturated rings. The van der Waals surface area contributed by atoms with Crippen molar-refractivity contribution in [1.29, 1.82) is 0 Å². The first-order valence-electron chi connectivity index (χ1n) is 8.84. The molecule has 0 bridgehead atoms. The van der Waals surface area contributed by atoms with Crippen molar-refractivity contribution >= 4 is 16.8 Å². The molecule has 2 aromatic rings. The fourth-order valence-electron chi connectivity index (χ4n) is 3.25. The lowest BCUT2D eigenvalue weighted by Crippen LogP contribution is -2.34. The molecule has 0 unspecified atom stereocenters. The van der Waals surface area contributed by atoms with Crippen LogP contribution in [0, 0.1) is 5.92 Å². The van der Waals surface area contributed by atoms with E-state index in [9.17, 15) is 9.59 Å². The third-order valence-electron chi connectivity index (χ3n) is 4.58. The molecule has 1 aromatic heterocycles. The van der Waals surface area contributed by atoms with E-state index in [1.165, 1.54) is 6.07 Å². The Bertz CT molecular complexity index is 878. The molecule has 3 rings (SSSR count). The molecule has 2 atom stereocenters. The Kier molecular flexibility index (Phi) is 4.58. The first-order valence-corrected chi connectivity index (χ1v) is 8.84. The number of fused-ring (bicyclic) bond motifs is 3. The molecule has 5 nitrogen and oxygen atoms in total. The minimum absolute atomic E-state index is 0.0571. The van der Waals surface area contributed by atoms with E-state index in [4.69, 9.17) is 13.9 Å². The number of hydrogen-bond acceptors (Lipinski definition) is 5. The summed E-state index contributed by atoms with van der Waals surface area (Å²) < 4.78 is 17.4. The van der Waals surface area contributed by atoms with Crippen LogP contribution in [0.2, 0.25) is 0 Å². The van der Waals surface area contributed by atoms with Crippen LogP contribution in [0.1, 0.15) is 57.0 Å². The first-order chi connectivity index (χ1) is 11.8. The number of carbonyl (C=O) groups excluding carboxylic acids is 1. The number of carbonyl (C=O) groups is 1. The van der Waals surface area contributed by atoms with Crippen molar-refractivity contribution in [1.82, 2.24) is 0 Å². The van der Waals surface area contributed by atoms with Crippen LogP contribution in [-0.4, -0.2) is 18.0 Å². The number of ketones is 1. The second-order valence-corrected chi connectivity index (χ2v) is 6.94. The zero-order valence-corrected chi connectivity index (χ0v) is 15.3. The Hall–Kier alpha value is -2.30. The van der Waals surface area contributed by atoms with Gasteiger partial charge in [-0.3, -0.25) is 4.79 Å². The van der Waals surface area contributed by atoms with Crippen molar-refractivity contribution in [2.75, 3.05) is 0 Å². The molecule has 25 heavy (non-hydrogen) atoms. The minimum Gasteiger partial charge on any atom is -0.490 e. The van der Waals surface area contributed by atoms with Gasteiger partial charge in [-0.2, -0.15) is 0 Å². The zero-order valence-electron chi connectivity index (χ0n) is 15.3. The van der Waals surface area contributed by atoms with Crippen LogP contribution in [-0.2, 0) is 6.42 Å². The molecule has 0 amide bonds. The van der Waals surface area contributed by atoms with Crippen LogP contribution in [0.3, 0.4) is 0 Å². The highest BCUT2D eigenvalue weighted by Crippen LogP contribution is 2.42. The van der Waals surface area contributed by atoms with Gasteiger partial charge in [0.2, 0.25) is 0 Å². The van der Waals surface area contributed by atoms with Gasteiger partial charge < -0.3 is 13.9 Å². The summed E-state index contributed by atoms with van der Waals surface area (Å²) in [5.41, 5.74) is 1.02. The van der Waals surface area contributed by atoms with Gasteiger partial charge in [0, 0.05) is 12.1 Å². The molecule has 0 spiro atoms. The molecule has 134 valence electrons. The van der Waals surface area contributed by atoms with Gasteiger partial charge in [-0.15, -0.1) is 0 Å². The summed E-state index contributed by atoms with van der Waals surface area (Å²) in [7, 11) is 0. The lowest BCUT2D eigenvalue weighted by Gasteiger charge is -2.29. The summed E-state index contributed by atoms with van der Waals surface area (Å²) in [6.07, 6.45) is 1.28. The normalized spacial score (nSPS) is 19.8. The van der Waals surface area contributed by atoms with Gasteiger partial charge in [0.15, 0.2) is 11.4 Å². The molecule has 1 aliphatic heterocycles. The first kappa shape index (κ1) is 17.5. The topological polar surface area (TPSA) is 65.7 Å². The van der Waals surface area contributed by atoms with E-state index in [1.807, 2.05) is 34.6 Å². The monoisotopic (exact) mass is 344 g/mol. The van der Waals surface area contributed by atoms with Crippen molar-refractivity contribution in [3.8, 4) is 11.5 Å². The summed E-state index contributed by atoms with van der Waals surface area (Å²) in [4.78, 5) is 25.0. The van der Waals surface area contributed by atoms with E-state index in [-0.39, 0.29) is 29.5 Å². The van der Waals surface area contributed by atoms with E-state index >= 15 is 0 Å². The summed E-state index contributed by atoms with van der Waals surface area (Å²) >= 11 is 0. The van der Waals surface area contributed by atoms with Crippen LogP contribution < -0.4 is 15.1 Å². The number of hydrogen-bond donors (Lipinski definition) is 0. The molecular weight excluding hydrogens is 320 g/mol. The standard InChI is InChI=1S/C20H24O5/c1-6-7-13-8-16(21)25-20-17(13)14(23-10(2)3)9-15-18(20)19(22)11(4)12(5)24-15/h8-12H,6-7H2,1-5H3/t11-,12+/m0/s1. The molecule has 1 aliphatic rings. The van der Waals surface area contributed by atoms with Crippen molar-refractivity contribution in [3.05, 3.63) is 33.7 Å². The second kappa shape index (κ2) is 6.54. The molecule has 0 N–H and O–H groups in total. The largest absolute Gasteiger partial charge is 0.490 e. The van der Waals surface area contributed by atoms with Gasteiger partial charge >= 0.3 is 5.63 Å². The van der Waals surface area contributed by atoms with E-state index < -0.39 is 5.63 Å². The predicted octanol–water partition coefficient (Wildman–Crippen LogP) is 4.13. The average Bonchev–Trinajstić information content (AvgIpc) is 2.51. The minimum atomic E-state index is -0.459. The Morgan fingerprint density at radius 1 is 1.20 bits per heavy atom. The third-order valence-corrected chi connectivity index (χ3v) is 4.58. The summed E-state index contributed by atoms with van der Waals surface area (Å²) in [6, 6.07) is 3.25. The van der Waals surface area contributed by atoms with Crippen molar-refractivity contribution in [2.24, 2.45) is 5.92 Å². The fraction of sp³-hybridized carbons (Fsp3) is 0.500. The highest BCUT2D eigenvalue weighted by molar-refractivity contribution is 6.12. The maximum Gasteiger partial charge on any atom is 0.336 e. The smallest absolute Gasteiger partial charge is 0.336 e. The number of ether oxygens (including phenoxy) is 2. The zero-order chi connectivity index (χ0) is 18.3. The van der Waals surface area contributed by atoms with Crippen LogP contribution >= 0.6 is 0 Å². The Morgan fingerprint density at radius 3 is 2.56 bits per heavy atom. The highest BCUT2D eigenvalue weighted by atomic mass is 16.5. The quantitative estimate of drug-likeness (QED) is 0.780. The molecule has 1 aromatic carbocycles. The fourth-order valence-corrected chi connectivity index (χ4v) is 3.25. The Labute approximate surface area is 146 Å². The van der Waals surface area contributed by atoms with E-state index in [0.717, 1.165) is 12.0 Å². The van der Waals surface area contributed by atoms with Gasteiger partial charge in [-0.25, -0.2) is 4.79 Å². The van der Waals surface area contributed by atoms with Crippen molar-refractivity contribution in [2.45, 2.75) is 59.7 Å². The van der Waals surface area contributed by atoms with Crippen LogP contribution in [0.25, 0.3) is 11.0 Å². The Balaban J connectivity index is 2.40. The summed E-state index contributed by atoms with van der Waals surface area (Å²) in [6.45, 7) is 9.59. The van der Waals surface area contributed by atoms with Crippen molar-refractivity contribution in [3.63, 3.8) is 0 Å². The predicted molar refractivity (Wildman–Crippen MR) is 95.8 cm³/mol. The lowest BCUT2D eigenvalue weighted by molar-refractivity contribution is 0.0730. The van der Waals surface area contributed by atoms with E-state index in [1.54, 1.807) is 6.07 Å². The SMILES string of the molecule is CCCc1cc(=O)oc2c3c(cc(OC(C)C)c12)O[C@H](C)[C@H](C)C3=O. The lowest BCUT2D eigenvalue weighted by atomic mass is 9.89. The molecule has 0 saturated carbocycles. The van der Waals surface area contributed by atoms with Gasteiger partial charge in [-0.05, 0) is 32.8 Å². The van der Waals surface area contributed by atoms with Crippen LogP contribution in [0.15, 0.2) is 21.3 Å². The average molecular weight is 344 g/mol. The van der Waals surface area contributed by atoms with Crippen LogP contribution in [0.5, 0.6) is 11.5 Å². The second-order valence-electron chi connectivity index (χ2n) is 6.94. The third kappa shape index (κ3) is 3.03. The number of Topliss-reactive ketones (excluding diaryl/α,β-unsaturated/α-hetero) is 1. The summed E-state index contributed by atoms with van der Waals surface area (Å²) in [5.74, 6) is 0.653. The van der Waals surface area contributed by atoms with Gasteiger partial charge in [0.1, 0.15) is 23.2 Å². The summed E-state index contributed by atoms with van der Waals surface area (Å²) in [5, 5.41) is 0.701. The number of aryl methyl sites for hydroxylation is 1. The Morgan fingerprint density at radius 2 is 1.92 bits per heavy atom. The number of rotatable bonds is 4. The molecule has 0 saturated heterocycles. The molecule has 0 aliphatic carbocycles. The highest BCUT2D eigenvalue weighted by Gasteiger charge is 2.35. The van der Waals surface area contributed by atoms with Gasteiger partial charge in [-0.1, -0.05) is 20.3 Å². The van der Waals surface area contributed by atoms with Gasteiger partial charge in [0.25, 0.3) is 0 Å². The molecule has 0 radical (unpaired) electrons. The van der Waals surface area contributed by atoms with E-state index in [0.29, 0.717) is 28.9 Å². The molecule has 2 heterocycles. The molecule has 5 heteroatoms. The maximum atomic E-state index is 12.9.